The number of fused-ring (bicyclic) bond motifs is 1. The van der Waals surface area contributed by atoms with Gasteiger partial charge in [-0.25, -0.2) is 4.98 Å². The van der Waals surface area contributed by atoms with Gasteiger partial charge >= 0.3 is 0 Å². The molecule has 0 bridgehead atoms. The molecule has 2 aromatic rings. The molecule has 34 heavy (non-hydrogen) atoms. The van der Waals surface area contributed by atoms with Crippen molar-refractivity contribution in [3.63, 3.8) is 0 Å². The van der Waals surface area contributed by atoms with E-state index in [2.05, 4.69) is 20.0 Å². The van der Waals surface area contributed by atoms with Crippen LogP contribution in [0.5, 0.6) is 11.5 Å². The van der Waals surface area contributed by atoms with Gasteiger partial charge in [0.05, 0.1) is 25.9 Å². The first-order chi connectivity index (χ1) is 16.8. The van der Waals surface area contributed by atoms with Gasteiger partial charge in [-0.15, -0.1) is 0 Å². The highest BCUT2D eigenvalue weighted by Crippen LogP contribution is 2.36. The molecule has 0 atom stereocenters. The molecule has 1 aromatic carbocycles. The number of hydrogen-bond donors (Lipinski definition) is 1. The van der Waals surface area contributed by atoms with E-state index in [1.165, 1.54) is 58.0 Å². The number of aromatic nitrogens is 2. The van der Waals surface area contributed by atoms with Crippen LogP contribution in [-0.4, -0.2) is 86.0 Å². The summed E-state index contributed by atoms with van der Waals surface area (Å²) in [7, 11) is 1.71. The average Bonchev–Trinajstić information content (AvgIpc) is 3.60. The van der Waals surface area contributed by atoms with Gasteiger partial charge in [0.2, 0.25) is 5.95 Å². The van der Waals surface area contributed by atoms with Crippen LogP contribution in [0.1, 0.15) is 51.4 Å². The quantitative estimate of drug-likeness (QED) is 0.526. The number of benzene rings is 1. The summed E-state index contributed by atoms with van der Waals surface area (Å²) in [5.74, 6) is 3.21. The second kappa shape index (κ2) is 11.4. The molecule has 8 nitrogen and oxygen atoms in total. The van der Waals surface area contributed by atoms with Gasteiger partial charge in [0, 0.05) is 31.1 Å². The van der Waals surface area contributed by atoms with E-state index in [9.17, 15) is 0 Å². The van der Waals surface area contributed by atoms with Crippen LogP contribution in [0.4, 0.5) is 11.8 Å². The van der Waals surface area contributed by atoms with Gasteiger partial charge in [-0.1, -0.05) is 6.42 Å². The van der Waals surface area contributed by atoms with E-state index in [4.69, 9.17) is 19.4 Å². The van der Waals surface area contributed by atoms with Gasteiger partial charge in [0.1, 0.15) is 5.82 Å². The van der Waals surface area contributed by atoms with Crippen molar-refractivity contribution in [3.05, 3.63) is 12.1 Å². The lowest BCUT2D eigenvalue weighted by Gasteiger charge is -2.27. The highest BCUT2D eigenvalue weighted by molar-refractivity contribution is 5.92. The third-order valence-corrected chi connectivity index (χ3v) is 7.35. The number of anilines is 2. The van der Waals surface area contributed by atoms with Gasteiger partial charge in [0.15, 0.2) is 11.5 Å². The van der Waals surface area contributed by atoms with Crippen molar-refractivity contribution in [2.75, 3.05) is 76.4 Å². The summed E-state index contributed by atoms with van der Waals surface area (Å²) < 4.78 is 11.9. The van der Waals surface area contributed by atoms with Crippen molar-refractivity contribution >= 4 is 22.7 Å². The minimum Gasteiger partial charge on any atom is -0.493 e. The number of nitrogens with one attached hydrogen (secondary N) is 1. The minimum absolute atomic E-state index is 0.683. The van der Waals surface area contributed by atoms with Crippen molar-refractivity contribution < 1.29 is 9.47 Å². The summed E-state index contributed by atoms with van der Waals surface area (Å²) in [5, 5.41) is 4.61. The molecular weight excluding hydrogens is 428 g/mol. The molecule has 0 spiro atoms. The monoisotopic (exact) mass is 468 g/mol. The lowest BCUT2D eigenvalue weighted by molar-refractivity contribution is 0.243. The Morgan fingerprint density at radius 1 is 0.824 bits per heavy atom. The van der Waals surface area contributed by atoms with Crippen LogP contribution in [0.25, 0.3) is 10.9 Å². The van der Waals surface area contributed by atoms with E-state index >= 15 is 0 Å². The molecule has 3 aliphatic rings. The van der Waals surface area contributed by atoms with Gasteiger partial charge in [-0.2, -0.15) is 4.98 Å². The molecule has 3 saturated heterocycles. The van der Waals surface area contributed by atoms with Crippen LogP contribution >= 0.6 is 0 Å². The zero-order valence-corrected chi connectivity index (χ0v) is 20.7. The molecule has 0 saturated carbocycles. The molecule has 4 heterocycles. The standard InChI is InChI=1S/C26H40N6O2/c1-33-23-18-21-22(19-24(23)34-17-9-14-30-10-5-6-11-30)28-26(32-15-7-8-16-32)29-25(21)27-20-31-12-3-2-4-13-31/h18-19H,2-17,20H2,1H3,(H,27,28,29). The van der Waals surface area contributed by atoms with Crippen LogP contribution < -0.4 is 19.7 Å². The van der Waals surface area contributed by atoms with Crippen LogP contribution in [0.2, 0.25) is 0 Å². The molecule has 0 radical (unpaired) electrons. The van der Waals surface area contributed by atoms with Crippen LogP contribution in [-0.2, 0) is 0 Å². The number of nitrogens with zero attached hydrogens (tertiary/aromatic N) is 5. The largest absolute Gasteiger partial charge is 0.493 e. The molecule has 0 unspecified atom stereocenters. The topological polar surface area (TPSA) is 66.0 Å². The first-order valence-corrected chi connectivity index (χ1v) is 13.3. The number of methoxy groups -OCH3 is 1. The summed E-state index contributed by atoms with van der Waals surface area (Å²) in [4.78, 5) is 17.2. The molecule has 0 amide bonds. The molecular formula is C26H40N6O2. The fourth-order valence-corrected chi connectivity index (χ4v) is 5.37. The summed E-state index contributed by atoms with van der Waals surface area (Å²) in [5.41, 5.74) is 0.911. The lowest BCUT2D eigenvalue weighted by Crippen LogP contribution is -2.34. The second-order valence-electron chi connectivity index (χ2n) is 9.85. The van der Waals surface area contributed by atoms with Crippen molar-refractivity contribution in [3.8, 4) is 11.5 Å². The molecule has 3 fully saturated rings. The fourth-order valence-electron chi connectivity index (χ4n) is 5.37. The molecule has 0 aliphatic carbocycles. The van der Waals surface area contributed by atoms with Crippen molar-refractivity contribution in [1.29, 1.82) is 0 Å². The average molecular weight is 469 g/mol. The predicted molar refractivity (Wildman–Crippen MR) is 137 cm³/mol. The number of hydrogen-bond acceptors (Lipinski definition) is 8. The van der Waals surface area contributed by atoms with Crippen molar-refractivity contribution in [2.24, 2.45) is 0 Å². The number of rotatable bonds is 10. The third-order valence-electron chi connectivity index (χ3n) is 7.35. The first kappa shape index (κ1) is 23.4. The normalized spacial score (nSPS) is 19.7. The zero-order valence-electron chi connectivity index (χ0n) is 20.7. The Labute approximate surface area is 203 Å². The summed E-state index contributed by atoms with van der Waals surface area (Å²) in [6, 6.07) is 4.08. The van der Waals surface area contributed by atoms with Crippen molar-refractivity contribution in [2.45, 2.75) is 51.4 Å². The highest BCUT2D eigenvalue weighted by atomic mass is 16.5. The smallest absolute Gasteiger partial charge is 0.227 e. The van der Waals surface area contributed by atoms with E-state index in [0.717, 1.165) is 80.0 Å². The number of ether oxygens (including phenoxy) is 2. The lowest BCUT2D eigenvalue weighted by atomic mass is 10.1. The number of piperidine rings is 1. The van der Waals surface area contributed by atoms with Gasteiger partial charge in [-0.3, -0.25) is 4.90 Å². The Kier molecular flexibility index (Phi) is 7.86. The Bertz CT molecular complexity index is 937. The Morgan fingerprint density at radius 3 is 2.29 bits per heavy atom. The maximum absolute atomic E-state index is 6.20. The SMILES string of the molecule is COc1cc2c(NCN3CCCCC3)nc(N3CCCC3)nc2cc1OCCCN1CCCC1. The molecule has 186 valence electrons. The predicted octanol–water partition coefficient (Wildman–Crippen LogP) is 3.96. The van der Waals surface area contributed by atoms with Crippen molar-refractivity contribution in [1.82, 2.24) is 19.8 Å². The van der Waals surface area contributed by atoms with Crippen LogP contribution in [0.15, 0.2) is 12.1 Å². The van der Waals surface area contributed by atoms with Crippen LogP contribution in [0, 0.1) is 0 Å². The molecule has 3 aliphatic heterocycles. The first-order valence-electron chi connectivity index (χ1n) is 13.3. The fraction of sp³-hybridized carbons (Fsp3) is 0.692. The molecule has 1 aromatic heterocycles. The Morgan fingerprint density at radius 2 is 1.53 bits per heavy atom. The minimum atomic E-state index is 0.683. The Hall–Kier alpha value is -2.32. The van der Waals surface area contributed by atoms with E-state index in [-0.39, 0.29) is 0 Å². The van der Waals surface area contributed by atoms with E-state index in [1.54, 1.807) is 7.11 Å². The van der Waals surface area contributed by atoms with Gasteiger partial charge in [-0.05, 0) is 77.2 Å². The summed E-state index contributed by atoms with van der Waals surface area (Å²) in [6.45, 7) is 9.37. The molecule has 5 rings (SSSR count). The third kappa shape index (κ3) is 5.66. The zero-order chi connectivity index (χ0) is 23.2. The van der Waals surface area contributed by atoms with E-state index < -0.39 is 0 Å². The maximum atomic E-state index is 6.20. The molecule has 8 heteroatoms. The maximum Gasteiger partial charge on any atom is 0.227 e. The van der Waals surface area contributed by atoms with Gasteiger partial charge < -0.3 is 24.6 Å². The van der Waals surface area contributed by atoms with Gasteiger partial charge in [0.25, 0.3) is 0 Å². The molecule has 1 N–H and O–H groups in total. The van der Waals surface area contributed by atoms with Crippen LogP contribution in [0.3, 0.4) is 0 Å². The second-order valence-corrected chi connectivity index (χ2v) is 9.85. The number of likely N-dealkylation sites (tertiary alicyclic amines) is 2. The summed E-state index contributed by atoms with van der Waals surface area (Å²) >= 11 is 0. The van der Waals surface area contributed by atoms with E-state index in [0.29, 0.717) is 6.61 Å². The summed E-state index contributed by atoms with van der Waals surface area (Å²) in [6.07, 6.45) is 9.96. The Balaban J connectivity index is 1.36. The van der Waals surface area contributed by atoms with E-state index in [1.807, 2.05) is 12.1 Å². The highest BCUT2D eigenvalue weighted by Gasteiger charge is 2.20.